The first-order valence-electron chi connectivity index (χ1n) is 26.5. The first kappa shape index (κ1) is 56.9. The van der Waals surface area contributed by atoms with E-state index in [4.69, 9.17) is 18.9 Å². The third-order valence-electron chi connectivity index (χ3n) is 14.4. The van der Waals surface area contributed by atoms with E-state index >= 15 is 0 Å². The van der Waals surface area contributed by atoms with Gasteiger partial charge in [-0.1, -0.05) is 89.1 Å². The minimum absolute atomic E-state index is 0.0443. The van der Waals surface area contributed by atoms with Crippen molar-refractivity contribution in [2.45, 2.75) is 186 Å². The van der Waals surface area contributed by atoms with Crippen LogP contribution in [0.2, 0.25) is 0 Å². The predicted molar refractivity (Wildman–Crippen MR) is 267 cm³/mol. The molecule has 10 atom stereocenters. The number of ether oxygens (including phenoxy) is 4. The van der Waals surface area contributed by atoms with E-state index in [9.17, 15) is 33.6 Å². The van der Waals surface area contributed by atoms with Crippen LogP contribution in [0, 0.1) is 29.6 Å². The average molecular weight is 996 g/mol. The molecular weight excluding hydrogens is 911 g/mol. The second-order valence-electron chi connectivity index (χ2n) is 21.6. The van der Waals surface area contributed by atoms with Crippen LogP contribution in [-0.2, 0) is 49.5 Å². The largest absolute Gasteiger partial charge is 0.445 e. The monoisotopic (exact) mass is 996 g/mol. The molecule has 7 amide bonds. The van der Waals surface area contributed by atoms with Crippen LogP contribution in [0.4, 0.5) is 9.59 Å². The van der Waals surface area contributed by atoms with E-state index < -0.39 is 90.2 Å². The van der Waals surface area contributed by atoms with Crippen LogP contribution >= 0.6 is 0 Å². The lowest BCUT2D eigenvalue weighted by Gasteiger charge is -2.36. The van der Waals surface area contributed by atoms with E-state index in [1.54, 1.807) is 46.9 Å². The number of likely N-dealkylation sites (N-methyl/N-ethyl adjacent to an activating group) is 1. The summed E-state index contributed by atoms with van der Waals surface area (Å²) >= 11 is 0. The second kappa shape index (κ2) is 28.3. The molecule has 1 saturated heterocycles. The van der Waals surface area contributed by atoms with Crippen molar-refractivity contribution in [2.75, 3.05) is 40.0 Å². The molecule has 3 saturated carbocycles. The van der Waals surface area contributed by atoms with Gasteiger partial charge in [0, 0.05) is 26.2 Å². The van der Waals surface area contributed by atoms with Crippen molar-refractivity contribution < 1.29 is 52.5 Å². The summed E-state index contributed by atoms with van der Waals surface area (Å²) in [7, 11) is 1.64. The fourth-order valence-corrected chi connectivity index (χ4v) is 10.7. The summed E-state index contributed by atoms with van der Waals surface area (Å²) in [6.45, 7) is 10.5. The Morgan fingerprint density at radius 3 is 2.11 bits per heavy atom. The Balaban J connectivity index is 1.44. The zero-order valence-corrected chi connectivity index (χ0v) is 43.5. The summed E-state index contributed by atoms with van der Waals surface area (Å²) in [5.41, 5.74) is 0.0712. The number of benzene rings is 1. The zero-order chi connectivity index (χ0) is 51.5. The van der Waals surface area contributed by atoms with Crippen molar-refractivity contribution in [3.05, 3.63) is 35.9 Å². The molecule has 18 heteroatoms. The lowest BCUT2D eigenvalue weighted by Crippen LogP contribution is -2.62. The van der Waals surface area contributed by atoms with Crippen molar-refractivity contribution in [3.63, 3.8) is 0 Å². The van der Waals surface area contributed by atoms with Crippen molar-refractivity contribution in [2.24, 2.45) is 29.6 Å². The molecule has 5 rings (SSSR count). The van der Waals surface area contributed by atoms with Crippen LogP contribution in [0.15, 0.2) is 30.3 Å². The van der Waals surface area contributed by atoms with E-state index in [1.807, 2.05) is 32.0 Å². The molecule has 71 heavy (non-hydrogen) atoms. The molecule has 1 aromatic carbocycles. The molecule has 3 aliphatic carbocycles. The van der Waals surface area contributed by atoms with Crippen molar-refractivity contribution in [1.29, 1.82) is 0 Å². The Labute approximate surface area is 421 Å². The molecule has 1 unspecified atom stereocenters. The summed E-state index contributed by atoms with van der Waals surface area (Å²) in [6.07, 6.45) is 10.8. The van der Waals surface area contributed by atoms with Crippen LogP contribution < -0.4 is 31.9 Å². The summed E-state index contributed by atoms with van der Waals surface area (Å²) in [5, 5.41) is 16.9. The van der Waals surface area contributed by atoms with Crippen LogP contribution in [0.5, 0.6) is 0 Å². The number of fused-ring (bicyclic) bond motifs is 2. The van der Waals surface area contributed by atoms with E-state index in [2.05, 4.69) is 31.9 Å². The smallest absolute Gasteiger partial charge is 0.407 e. The van der Waals surface area contributed by atoms with Gasteiger partial charge in [-0.05, 0) is 108 Å². The maximum Gasteiger partial charge on any atom is 0.407 e. The van der Waals surface area contributed by atoms with Gasteiger partial charge >= 0.3 is 12.2 Å². The number of alkyl carbamates (subject to hydrolysis) is 2. The number of rotatable bonds is 15. The molecule has 0 spiro atoms. The van der Waals surface area contributed by atoms with E-state index in [0.29, 0.717) is 56.3 Å². The number of carbonyl (C=O) groups is 7. The normalized spacial score (nSPS) is 28.9. The maximum atomic E-state index is 14.8. The summed E-state index contributed by atoms with van der Waals surface area (Å²) in [6, 6.07) is 3.77. The number of carbonyl (C=O) groups excluding carboxylic acids is 7. The molecule has 0 radical (unpaired) electrons. The Bertz CT molecular complexity index is 1880. The quantitative estimate of drug-likeness (QED) is 0.0929. The highest BCUT2D eigenvalue weighted by Crippen LogP contribution is 2.46. The maximum absolute atomic E-state index is 14.8. The zero-order valence-electron chi connectivity index (χ0n) is 43.5. The van der Waals surface area contributed by atoms with E-state index in [1.165, 1.54) is 24.2 Å². The average Bonchev–Trinajstić information content (AvgIpc) is 3.47. The molecule has 4 fully saturated rings. The molecule has 6 N–H and O–H groups in total. The number of nitrogens with one attached hydrogen (secondary N) is 6. The molecule has 1 aliphatic heterocycles. The van der Waals surface area contributed by atoms with Gasteiger partial charge in [0.15, 0.2) is 0 Å². The van der Waals surface area contributed by atoms with Crippen molar-refractivity contribution in [3.8, 4) is 0 Å². The summed E-state index contributed by atoms with van der Waals surface area (Å²) in [5.74, 6) is -1.94. The van der Waals surface area contributed by atoms with Crippen LogP contribution in [0.3, 0.4) is 0 Å². The lowest BCUT2D eigenvalue weighted by molar-refractivity contribution is -0.147. The molecule has 1 heterocycles. The lowest BCUT2D eigenvalue weighted by atomic mass is 9.77. The molecule has 0 aromatic heterocycles. The number of nitrogens with zero attached hydrogens (tertiary/aromatic N) is 1. The number of amides is 7. The molecule has 18 nitrogen and oxygen atoms in total. The SMILES string of the molecule is CCC[C@H]1C(=O)N[C@@H](C2CCCCCC2)C(=O)N[C@@H](CNC(=O)OCc2ccccc2)C(=O)N[C@@H](COCCCNC(=O)OC(C)(C)C)C(=O)N[C@H](C)CO[C@H](C[C@H]2CC3CC[C@H](C3)C2)[C@@H](C)C(=O)N1C. The molecular formula is C53H85N7O11. The van der Waals surface area contributed by atoms with Gasteiger partial charge in [-0.15, -0.1) is 0 Å². The van der Waals surface area contributed by atoms with Gasteiger partial charge in [-0.25, -0.2) is 9.59 Å². The highest BCUT2D eigenvalue weighted by Gasteiger charge is 2.41. The standard InChI is InChI=1S/C53H85N7O11/c1-8-17-43-48(63)59-45(40-20-14-9-10-15-21-40)49(64)57-41(30-55-51(66)70-32-36-18-12-11-13-19-36)46(61)58-42(33-68-25-16-24-54-52(67)71-53(4,5)6)47(62)56-34(2)31-69-44(35(3)50(65)60(43)7)29-39-27-37-22-23-38(26-37)28-39/h11-13,18-19,34-35,37-45H,8-10,14-17,20-33H2,1-7H3,(H,54,67)(H,55,66)(H,56,62)(H,57,64)(H,58,61)(H,59,63)/t34-,35-,37-,38?,39-,41+,42+,43+,44-,45+/m1/s1. The molecule has 4 aliphatic rings. The van der Waals surface area contributed by atoms with Crippen LogP contribution in [0.1, 0.15) is 143 Å². The third kappa shape index (κ3) is 18.9. The minimum atomic E-state index is -1.44. The Kier molecular flexibility index (Phi) is 22.7. The highest BCUT2D eigenvalue weighted by molar-refractivity contribution is 5.96. The van der Waals surface area contributed by atoms with Gasteiger partial charge in [-0.2, -0.15) is 0 Å². The van der Waals surface area contributed by atoms with Crippen molar-refractivity contribution >= 4 is 41.7 Å². The predicted octanol–water partition coefficient (Wildman–Crippen LogP) is 5.65. The topological polar surface area (TPSA) is 232 Å². The Hall–Kier alpha value is -4.97. The van der Waals surface area contributed by atoms with Gasteiger partial charge in [0.05, 0.1) is 31.8 Å². The van der Waals surface area contributed by atoms with Crippen molar-refractivity contribution in [1.82, 2.24) is 36.8 Å². The van der Waals surface area contributed by atoms with Gasteiger partial charge in [-0.3, -0.25) is 24.0 Å². The summed E-state index contributed by atoms with van der Waals surface area (Å²) in [4.78, 5) is 99.6. The van der Waals surface area contributed by atoms with Gasteiger partial charge < -0.3 is 55.7 Å². The van der Waals surface area contributed by atoms with Crippen LogP contribution in [0.25, 0.3) is 0 Å². The Morgan fingerprint density at radius 1 is 0.789 bits per heavy atom. The third-order valence-corrected chi connectivity index (χ3v) is 14.4. The number of hydrogen-bond acceptors (Lipinski definition) is 11. The second-order valence-corrected chi connectivity index (χ2v) is 21.6. The fraction of sp³-hybridized carbons (Fsp3) is 0.755. The molecule has 398 valence electrons. The van der Waals surface area contributed by atoms with Gasteiger partial charge in [0.1, 0.15) is 36.4 Å². The first-order chi connectivity index (χ1) is 33.9. The fourth-order valence-electron chi connectivity index (χ4n) is 10.7. The number of hydrogen-bond donors (Lipinski definition) is 6. The summed E-state index contributed by atoms with van der Waals surface area (Å²) < 4.78 is 23.3. The highest BCUT2D eigenvalue weighted by atomic mass is 16.6. The van der Waals surface area contributed by atoms with Gasteiger partial charge in [0.25, 0.3) is 0 Å². The van der Waals surface area contributed by atoms with E-state index in [-0.39, 0.29) is 44.8 Å². The molecule has 2 bridgehead atoms. The Morgan fingerprint density at radius 2 is 1.45 bits per heavy atom. The van der Waals surface area contributed by atoms with E-state index in [0.717, 1.165) is 44.1 Å². The molecule has 1 aromatic rings. The van der Waals surface area contributed by atoms with Gasteiger partial charge in [0.2, 0.25) is 29.5 Å². The minimum Gasteiger partial charge on any atom is -0.445 e. The van der Waals surface area contributed by atoms with Crippen LogP contribution in [-0.4, -0.2) is 128 Å². The first-order valence-corrected chi connectivity index (χ1v) is 26.5.